The first-order valence-corrected chi connectivity index (χ1v) is 8.84. The maximum absolute atomic E-state index is 12.4. The number of thioether (sulfide) groups is 1. The van der Waals surface area contributed by atoms with Crippen LogP contribution in [0.15, 0.2) is 41.3 Å². The molecule has 1 aliphatic rings. The zero-order valence-electron chi connectivity index (χ0n) is 12.1. The summed E-state index contributed by atoms with van der Waals surface area (Å²) in [7, 11) is 0. The van der Waals surface area contributed by atoms with E-state index in [4.69, 9.17) is 0 Å². The summed E-state index contributed by atoms with van der Waals surface area (Å²) in [5.74, 6) is 0.782. The zero-order valence-corrected chi connectivity index (χ0v) is 13.7. The second-order valence-corrected chi connectivity index (χ2v) is 7.27. The second-order valence-electron chi connectivity index (χ2n) is 5.05. The van der Waals surface area contributed by atoms with E-state index in [2.05, 4.69) is 22.8 Å². The topological polar surface area (TPSA) is 58.2 Å². The van der Waals surface area contributed by atoms with Crippen LogP contribution in [0.25, 0.3) is 0 Å². The van der Waals surface area contributed by atoms with Crippen LogP contribution in [-0.4, -0.2) is 17.6 Å². The summed E-state index contributed by atoms with van der Waals surface area (Å²) in [6.07, 6.45) is 0.928. The highest BCUT2D eigenvalue weighted by atomic mass is 32.2. The van der Waals surface area contributed by atoms with Gasteiger partial charge in [0.2, 0.25) is 5.91 Å². The SMILES string of the molecule is CC(=O)Nc1ccc(C(=O)NC2CCSc3ccccc32)s1. The van der Waals surface area contributed by atoms with Crippen LogP contribution >= 0.6 is 23.1 Å². The minimum atomic E-state index is -0.132. The quantitative estimate of drug-likeness (QED) is 0.901. The van der Waals surface area contributed by atoms with E-state index in [0.29, 0.717) is 9.88 Å². The molecule has 2 amide bonds. The number of amides is 2. The third-order valence-corrected chi connectivity index (χ3v) is 5.51. The van der Waals surface area contributed by atoms with E-state index < -0.39 is 0 Å². The van der Waals surface area contributed by atoms with E-state index in [9.17, 15) is 9.59 Å². The molecule has 0 radical (unpaired) electrons. The number of hydrogen-bond donors (Lipinski definition) is 2. The maximum atomic E-state index is 12.4. The largest absolute Gasteiger partial charge is 0.344 e. The molecule has 0 saturated carbocycles. The first-order valence-electron chi connectivity index (χ1n) is 7.03. The molecule has 22 heavy (non-hydrogen) atoms. The van der Waals surface area contributed by atoms with E-state index in [1.807, 2.05) is 23.9 Å². The lowest BCUT2D eigenvalue weighted by molar-refractivity contribution is -0.114. The van der Waals surface area contributed by atoms with Crippen LogP contribution in [0.4, 0.5) is 5.00 Å². The number of hydrogen-bond acceptors (Lipinski definition) is 4. The highest BCUT2D eigenvalue weighted by Gasteiger charge is 2.23. The Hall–Kier alpha value is -1.79. The molecule has 0 saturated heterocycles. The molecule has 6 heteroatoms. The number of thiophene rings is 1. The Morgan fingerprint density at radius 3 is 2.82 bits per heavy atom. The molecule has 1 unspecified atom stereocenters. The van der Waals surface area contributed by atoms with Gasteiger partial charge in [0.25, 0.3) is 5.91 Å². The Kier molecular flexibility index (Phi) is 4.49. The van der Waals surface area contributed by atoms with E-state index in [1.54, 1.807) is 12.1 Å². The second kappa shape index (κ2) is 6.54. The number of nitrogens with one attached hydrogen (secondary N) is 2. The van der Waals surface area contributed by atoms with Crippen LogP contribution in [0, 0.1) is 0 Å². The molecule has 1 aromatic heterocycles. The van der Waals surface area contributed by atoms with Gasteiger partial charge >= 0.3 is 0 Å². The van der Waals surface area contributed by atoms with Gasteiger partial charge in [0.15, 0.2) is 0 Å². The summed E-state index contributed by atoms with van der Waals surface area (Å²) >= 11 is 3.12. The van der Waals surface area contributed by atoms with Gasteiger partial charge in [-0.25, -0.2) is 0 Å². The van der Waals surface area contributed by atoms with Crippen molar-refractivity contribution in [1.82, 2.24) is 5.32 Å². The molecule has 0 bridgehead atoms. The van der Waals surface area contributed by atoms with Gasteiger partial charge in [-0.05, 0) is 30.2 Å². The van der Waals surface area contributed by atoms with Gasteiger partial charge in [0.1, 0.15) is 0 Å². The summed E-state index contributed by atoms with van der Waals surface area (Å²) in [5, 5.41) is 6.49. The molecule has 4 nitrogen and oxygen atoms in total. The van der Waals surface area contributed by atoms with Crippen molar-refractivity contribution in [3.05, 3.63) is 46.8 Å². The van der Waals surface area contributed by atoms with E-state index >= 15 is 0 Å². The van der Waals surface area contributed by atoms with E-state index in [0.717, 1.165) is 12.2 Å². The van der Waals surface area contributed by atoms with E-state index in [-0.39, 0.29) is 17.9 Å². The average molecular weight is 332 g/mol. The number of benzene rings is 1. The molecule has 0 spiro atoms. The third kappa shape index (κ3) is 3.34. The van der Waals surface area contributed by atoms with Crippen molar-refractivity contribution in [2.75, 3.05) is 11.1 Å². The molecule has 1 aromatic carbocycles. The smallest absolute Gasteiger partial charge is 0.261 e. The highest BCUT2D eigenvalue weighted by molar-refractivity contribution is 7.99. The molecule has 1 atom stereocenters. The van der Waals surface area contributed by atoms with Crippen LogP contribution in [0.5, 0.6) is 0 Å². The number of carbonyl (C=O) groups excluding carboxylic acids is 2. The number of anilines is 1. The average Bonchev–Trinajstić information content (AvgIpc) is 2.95. The summed E-state index contributed by atoms with van der Waals surface area (Å²) in [6.45, 7) is 1.45. The Morgan fingerprint density at radius 2 is 2.00 bits per heavy atom. The molecule has 2 N–H and O–H groups in total. The Bertz CT molecular complexity index is 712. The van der Waals surface area contributed by atoms with Crippen LogP contribution < -0.4 is 10.6 Å². The maximum Gasteiger partial charge on any atom is 0.261 e. The predicted octanol–water partition coefficient (Wildman–Crippen LogP) is 3.67. The van der Waals surface area contributed by atoms with Crippen LogP contribution in [0.3, 0.4) is 0 Å². The Balaban J connectivity index is 1.72. The lowest BCUT2D eigenvalue weighted by Crippen LogP contribution is -2.30. The lowest BCUT2D eigenvalue weighted by Gasteiger charge is -2.25. The minimum absolute atomic E-state index is 0.0521. The van der Waals surface area contributed by atoms with Gasteiger partial charge in [0, 0.05) is 17.6 Å². The van der Waals surface area contributed by atoms with Crippen molar-refractivity contribution in [1.29, 1.82) is 0 Å². The molecule has 0 aliphatic carbocycles. The predicted molar refractivity (Wildman–Crippen MR) is 90.6 cm³/mol. The van der Waals surface area contributed by atoms with Crippen molar-refractivity contribution in [2.24, 2.45) is 0 Å². The fourth-order valence-corrected chi connectivity index (χ4v) is 4.40. The summed E-state index contributed by atoms with van der Waals surface area (Å²) < 4.78 is 0. The number of fused-ring (bicyclic) bond motifs is 1. The minimum Gasteiger partial charge on any atom is -0.344 e. The third-order valence-electron chi connectivity index (χ3n) is 3.39. The van der Waals surface area contributed by atoms with Crippen molar-refractivity contribution < 1.29 is 9.59 Å². The molecule has 3 rings (SSSR count). The molecule has 1 aliphatic heterocycles. The van der Waals surface area contributed by atoms with Gasteiger partial charge in [-0.2, -0.15) is 0 Å². The zero-order chi connectivity index (χ0) is 15.5. The fourth-order valence-electron chi connectivity index (χ4n) is 2.42. The Morgan fingerprint density at radius 1 is 1.18 bits per heavy atom. The normalized spacial score (nSPS) is 16.7. The number of rotatable bonds is 3. The monoisotopic (exact) mass is 332 g/mol. The van der Waals surface area contributed by atoms with Crippen molar-refractivity contribution >= 4 is 39.9 Å². The first-order chi connectivity index (χ1) is 10.6. The molecule has 114 valence electrons. The molecule has 2 heterocycles. The van der Waals surface area contributed by atoms with Gasteiger partial charge < -0.3 is 10.6 Å². The standard InChI is InChI=1S/C16H16N2O2S2/c1-10(19)17-15-7-6-14(22-15)16(20)18-12-8-9-21-13-5-3-2-4-11(12)13/h2-7,12H,8-9H2,1H3,(H,17,19)(H,18,20). The fraction of sp³-hybridized carbons (Fsp3) is 0.250. The highest BCUT2D eigenvalue weighted by Crippen LogP contribution is 2.36. The molecule has 0 fully saturated rings. The van der Waals surface area contributed by atoms with Gasteiger partial charge in [0.05, 0.1) is 15.9 Å². The van der Waals surface area contributed by atoms with Crippen LogP contribution in [-0.2, 0) is 4.79 Å². The molecule has 2 aromatic rings. The Labute approximate surface area is 137 Å². The van der Waals surface area contributed by atoms with Crippen molar-refractivity contribution in [3.63, 3.8) is 0 Å². The molecular weight excluding hydrogens is 316 g/mol. The summed E-state index contributed by atoms with van der Waals surface area (Å²) in [5.41, 5.74) is 1.19. The summed E-state index contributed by atoms with van der Waals surface area (Å²) in [6, 6.07) is 11.7. The van der Waals surface area contributed by atoms with Gasteiger partial charge in [-0.1, -0.05) is 18.2 Å². The van der Waals surface area contributed by atoms with Crippen LogP contribution in [0.2, 0.25) is 0 Å². The van der Waals surface area contributed by atoms with Gasteiger partial charge in [-0.15, -0.1) is 23.1 Å². The lowest BCUT2D eigenvalue weighted by atomic mass is 10.0. The molecular formula is C16H16N2O2S2. The number of carbonyl (C=O) groups is 2. The van der Waals surface area contributed by atoms with E-state index in [1.165, 1.54) is 28.7 Å². The first kappa shape index (κ1) is 15.1. The van der Waals surface area contributed by atoms with Crippen molar-refractivity contribution in [3.8, 4) is 0 Å². The van der Waals surface area contributed by atoms with Crippen LogP contribution in [0.1, 0.15) is 34.6 Å². The summed E-state index contributed by atoms with van der Waals surface area (Å²) in [4.78, 5) is 25.3. The van der Waals surface area contributed by atoms with Crippen molar-refractivity contribution in [2.45, 2.75) is 24.3 Å². The van der Waals surface area contributed by atoms with Gasteiger partial charge in [-0.3, -0.25) is 9.59 Å².